The maximum absolute atomic E-state index is 13.0. The SMILES string of the molecule is CCOC1CCCc2cc(F)ccc21. The molecule has 0 aromatic heterocycles. The first-order valence-electron chi connectivity index (χ1n) is 5.21. The lowest BCUT2D eigenvalue weighted by Gasteiger charge is -2.25. The van der Waals surface area contributed by atoms with E-state index >= 15 is 0 Å². The Kier molecular flexibility index (Phi) is 2.82. The normalized spacial score (nSPS) is 20.6. The number of ether oxygens (including phenoxy) is 1. The van der Waals surface area contributed by atoms with E-state index in [9.17, 15) is 4.39 Å². The van der Waals surface area contributed by atoms with Gasteiger partial charge in [-0.05, 0) is 49.4 Å². The lowest BCUT2D eigenvalue weighted by molar-refractivity contribution is 0.0499. The number of fused-ring (bicyclic) bond motifs is 1. The van der Waals surface area contributed by atoms with E-state index in [1.54, 1.807) is 6.07 Å². The Balaban J connectivity index is 2.30. The van der Waals surface area contributed by atoms with Gasteiger partial charge in [0.25, 0.3) is 0 Å². The van der Waals surface area contributed by atoms with Crippen LogP contribution in [-0.2, 0) is 11.2 Å². The quantitative estimate of drug-likeness (QED) is 0.702. The summed E-state index contributed by atoms with van der Waals surface area (Å²) in [6.07, 6.45) is 3.33. The van der Waals surface area contributed by atoms with Crippen LogP contribution >= 0.6 is 0 Å². The molecule has 1 aliphatic carbocycles. The number of hydrogen-bond acceptors (Lipinski definition) is 1. The molecule has 0 radical (unpaired) electrons. The zero-order chi connectivity index (χ0) is 9.97. The highest BCUT2D eigenvalue weighted by Crippen LogP contribution is 2.32. The third kappa shape index (κ3) is 1.80. The Morgan fingerprint density at radius 3 is 3.14 bits per heavy atom. The molecule has 0 bridgehead atoms. The molecular formula is C12H15FO. The molecule has 0 fully saturated rings. The highest BCUT2D eigenvalue weighted by molar-refractivity contribution is 5.31. The van der Waals surface area contributed by atoms with Crippen molar-refractivity contribution in [3.05, 3.63) is 35.1 Å². The molecule has 0 saturated heterocycles. The van der Waals surface area contributed by atoms with Gasteiger partial charge in [-0.2, -0.15) is 0 Å². The fourth-order valence-electron chi connectivity index (χ4n) is 2.11. The Bertz CT molecular complexity index is 322. The molecule has 1 atom stereocenters. The van der Waals surface area contributed by atoms with Crippen LogP contribution in [0.3, 0.4) is 0 Å². The lowest BCUT2D eigenvalue weighted by atomic mass is 9.89. The van der Waals surface area contributed by atoms with Gasteiger partial charge in [0, 0.05) is 6.61 Å². The number of hydrogen-bond donors (Lipinski definition) is 0. The molecule has 2 rings (SSSR count). The standard InChI is InChI=1S/C12H15FO/c1-2-14-12-5-3-4-9-8-10(13)6-7-11(9)12/h6-8,12H,2-5H2,1H3. The van der Waals surface area contributed by atoms with E-state index in [-0.39, 0.29) is 11.9 Å². The van der Waals surface area contributed by atoms with Crippen LogP contribution in [0.5, 0.6) is 0 Å². The van der Waals surface area contributed by atoms with Crippen LogP contribution in [0.2, 0.25) is 0 Å². The van der Waals surface area contributed by atoms with Crippen LogP contribution in [0, 0.1) is 5.82 Å². The summed E-state index contributed by atoms with van der Waals surface area (Å²) in [6.45, 7) is 2.72. The van der Waals surface area contributed by atoms with Gasteiger partial charge >= 0.3 is 0 Å². The Labute approximate surface area is 83.9 Å². The fraction of sp³-hybridized carbons (Fsp3) is 0.500. The molecule has 1 aromatic rings. The first kappa shape index (κ1) is 9.66. The fourth-order valence-corrected chi connectivity index (χ4v) is 2.11. The van der Waals surface area contributed by atoms with Gasteiger partial charge in [-0.3, -0.25) is 0 Å². The minimum Gasteiger partial charge on any atom is -0.374 e. The van der Waals surface area contributed by atoms with Crippen LogP contribution in [0.4, 0.5) is 4.39 Å². The zero-order valence-corrected chi connectivity index (χ0v) is 8.42. The highest BCUT2D eigenvalue weighted by atomic mass is 19.1. The largest absolute Gasteiger partial charge is 0.374 e. The molecule has 0 amide bonds. The van der Waals surface area contributed by atoms with Crippen molar-refractivity contribution in [2.45, 2.75) is 32.3 Å². The molecular weight excluding hydrogens is 179 g/mol. The second-order valence-corrected chi connectivity index (χ2v) is 3.68. The van der Waals surface area contributed by atoms with Crippen molar-refractivity contribution in [3.8, 4) is 0 Å². The van der Waals surface area contributed by atoms with Crippen molar-refractivity contribution < 1.29 is 9.13 Å². The summed E-state index contributed by atoms with van der Waals surface area (Å²) >= 11 is 0. The monoisotopic (exact) mass is 194 g/mol. The van der Waals surface area contributed by atoms with Gasteiger partial charge in [0.15, 0.2) is 0 Å². The van der Waals surface area contributed by atoms with Crippen molar-refractivity contribution in [1.82, 2.24) is 0 Å². The van der Waals surface area contributed by atoms with Gasteiger partial charge in [0.05, 0.1) is 6.10 Å². The van der Waals surface area contributed by atoms with Crippen LogP contribution < -0.4 is 0 Å². The smallest absolute Gasteiger partial charge is 0.123 e. The molecule has 1 nitrogen and oxygen atoms in total. The molecule has 0 aliphatic heterocycles. The van der Waals surface area contributed by atoms with Crippen molar-refractivity contribution in [2.75, 3.05) is 6.61 Å². The predicted octanol–water partition coefficient (Wildman–Crippen LogP) is 3.24. The number of aryl methyl sites for hydroxylation is 1. The van der Waals surface area contributed by atoms with E-state index in [0.29, 0.717) is 0 Å². The molecule has 0 N–H and O–H groups in total. The first-order valence-corrected chi connectivity index (χ1v) is 5.21. The second kappa shape index (κ2) is 4.09. The van der Waals surface area contributed by atoms with Crippen LogP contribution in [0.15, 0.2) is 18.2 Å². The molecule has 76 valence electrons. The third-order valence-corrected chi connectivity index (χ3v) is 2.73. The zero-order valence-electron chi connectivity index (χ0n) is 8.42. The molecule has 1 unspecified atom stereocenters. The van der Waals surface area contributed by atoms with Gasteiger partial charge in [-0.25, -0.2) is 4.39 Å². The molecule has 2 heteroatoms. The van der Waals surface area contributed by atoms with Crippen molar-refractivity contribution in [1.29, 1.82) is 0 Å². The number of halogens is 1. The molecule has 0 saturated carbocycles. The predicted molar refractivity (Wildman–Crippen MR) is 53.7 cm³/mol. The van der Waals surface area contributed by atoms with Gasteiger partial charge in [-0.1, -0.05) is 6.07 Å². The summed E-state index contributed by atoms with van der Waals surface area (Å²) in [7, 11) is 0. The maximum atomic E-state index is 13.0. The average molecular weight is 194 g/mol. The highest BCUT2D eigenvalue weighted by Gasteiger charge is 2.20. The van der Waals surface area contributed by atoms with Gasteiger partial charge < -0.3 is 4.74 Å². The molecule has 1 aliphatic rings. The maximum Gasteiger partial charge on any atom is 0.123 e. The summed E-state index contributed by atoms with van der Waals surface area (Å²) in [5.74, 6) is -0.138. The van der Waals surface area contributed by atoms with Crippen molar-refractivity contribution >= 4 is 0 Å². The van der Waals surface area contributed by atoms with E-state index in [2.05, 4.69) is 0 Å². The van der Waals surface area contributed by atoms with Crippen LogP contribution in [-0.4, -0.2) is 6.61 Å². The Morgan fingerprint density at radius 1 is 1.50 bits per heavy atom. The number of benzene rings is 1. The van der Waals surface area contributed by atoms with Gasteiger partial charge in [0.1, 0.15) is 5.82 Å². The van der Waals surface area contributed by atoms with Crippen LogP contribution in [0.1, 0.15) is 37.0 Å². The molecule has 0 heterocycles. The minimum atomic E-state index is -0.138. The Morgan fingerprint density at radius 2 is 2.36 bits per heavy atom. The summed E-state index contributed by atoms with van der Waals surface area (Å²) < 4.78 is 18.6. The summed E-state index contributed by atoms with van der Waals surface area (Å²) in [5, 5.41) is 0. The van der Waals surface area contributed by atoms with Gasteiger partial charge in [-0.15, -0.1) is 0 Å². The van der Waals surface area contributed by atoms with E-state index in [1.807, 2.05) is 13.0 Å². The van der Waals surface area contributed by atoms with Crippen molar-refractivity contribution in [3.63, 3.8) is 0 Å². The summed E-state index contributed by atoms with van der Waals surface area (Å²) in [4.78, 5) is 0. The number of rotatable bonds is 2. The molecule has 1 aromatic carbocycles. The average Bonchev–Trinajstić information content (AvgIpc) is 2.18. The molecule has 14 heavy (non-hydrogen) atoms. The van der Waals surface area contributed by atoms with E-state index < -0.39 is 0 Å². The van der Waals surface area contributed by atoms with E-state index in [1.165, 1.54) is 11.6 Å². The van der Waals surface area contributed by atoms with E-state index in [4.69, 9.17) is 4.74 Å². The first-order chi connectivity index (χ1) is 6.81. The lowest BCUT2D eigenvalue weighted by Crippen LogP contribution is -2.13. The van der Waals surface area contributed by atoms with E-state index in [0.717, 1.165) is 31.4 Å². The minimum absolute atomic E-state index is 0.138. The van der Waals surface area contributed by atoms with Crippen LogP contribution in [0.25, 0.3) is 0 Å². The Hall–Kier alpha value is -0.890. The third-order valence-electron chi connectivity index (χ3n) is 2.73. The van der Waals surface area contributed by atoms with Crippen molar-refractivity contribution in [2.24, 2.45) is 0 Å². The van der Waals surface area contributed by atoms with Gasteiger partial charge in [0.2, 0.25) is 0 Å². The molecule has 0 spiro atoms. The topological polar surface area (TPSA) is 9.23 Å². The second-order valence-electron chi connectivity index (χ2n) is 3.68. The summed E-state index contributed by atoms with van der Waals surface area (Å²) in [6, 6.07) is 5.03. The summed E-state index contributed by atoms with van der Waals surface area (Å²) in [5.41, 5.74) is 2.30.